The molecule has 0 saturated heterocycles. The number of aryl methyl sites for hydroxylation is 2. The predicted octanol–water partition coefficient (Wildman–Crippen LogP) is 12.3. The lowest BCUT2D eigenvalue weighted by atomic mass is 10.0. The Kier molecular flexibility index (Phi) is 26.7. The topological polar surface area (TPSA) is 8.81 Å². The number of hydrogen-bond acceptors (Lipinski definition) is 0. The summed E-state index contributed by atoms with van der Waals surface area (Å²) in [5.41, 5.74) is 0. The molecular weight excluding hydrogens is 472 g/mol. The van der Waals surface area contributed by atoms with E-state index in [-0.39, 0.29) is 0 Å². The van der Waals surface area contributed by atoms with E-state index < -0.39 is 0 Å². The summed E-state index contributed by atoms with van der Waals surface area (Å²) in [6, 6.07) is 0. The van der Waals surface area contributed by atoms with Gasteiger partial charge in [-0.15, -0.1) is 0 Å². The summed E-state index contributed by atoms with van der Waals surface area (Å²) in [5, 5.41) is 0. The molecular formula is C37H73N2+. The van der Waals surface area contributed by atoms with Gasteiger partial charge in [-0.2, -0.15) is 0 Å². The minimum absolute atomic E-state index is 1.23. The Morgan fingerprint density at radius 1 is 0.436 bits per heavy atom. The van der Waals surface area contributed by atoms with Gasteiger partial charge in [0.1, 0.15) is 12.4 Å². The summed E-state index contributed by atoms with van der Waals surface area (Å²) < 4.78 is 5.24. The van der Waals surface area contributed by atoms with Gasteiger partial charge in [0, 0.05) is 6.42 Å². The van der Waals surface area contributed by atoms with Crippen molar-refractivity contribution in [3.63, 3.8) is 0 Å². The zero-order chi connectivity index (χ0) is 28.1. The van der Waals surface area contributed by atoms with Crippen LogP contribution in [0.3, 0.4) is 0 Å². The molecule has 0 bridgehead atoms. The molecule has 0 N–H and O–H groups in total. The van der Waals surface area contributed by atoms with E-state index in [1.807, 2.05) is 0 Å². The molecule has 1 heterocycles. The highest BCUT2D eigenvalue weighted by atomic mass is 15.1. The van der Waals surface area contributed by atoms with Crippen molar-refractivity contribution >= 4 is 0 Å². The third-order valence-electron chi connectivity index (χ3n) is 8.85. The normalized spacial score (nSPS) is 11.6. The summed E-state index contributed by atoms with van der Waals surface area (Å²) in [6.45, 7) is 9.39. The lowest BCUT2D eigenvalue weighted by Crippen LogP contribution is -2.37. The van der Waals surface area contributed by atoms with Crippen molar-refractivity contribution in [2.75, 3.05) is 0 Å². The molecule has 0 aliphatic rings. The first-order valence-corrected chi connectivity index (χ1v) is 18.4. The van der Waals surface area contributed by atoms with Gasteiger partial charge >= 0.3 is 0 Å². The molecule has 230 valence electrons. The minimum Gasteiger partial charge on any atom is -0.234 e. The number of rotatable bonds is 31. The Labute approximate surface area is 247 Å². The van der Waals surface area contributed by atoms with Gasteiger partial charge in [-0.3, -0.25) is 0 Å². The maximum Gasteiger partial charge on any atom is 0.256 e. The van der Waals surface area contributed by atoms with Crippen molar-refractivity contribution in [3.8, 4) is 0 Å². The molecule has 0 aliphatic heterocycles. The first-order valence-electron chi connectivity index (χ1n) is 18.4. The van der Waals surface area contributed by atoms with Crippen molar-refractivity contribution in [1.29, 1.82) is 0 Å². The van der Waals surface area contributed by atoms with Gasteiger partial charge in [-0.05, 0) is 32.1 Å². The van der Waals surface area contributed by atoms with E-state index in [1.54, 1.807) is 5.82 Å². The average molecular weight is 546 g/mol. The molecule has 0 aromatic carbocycles. The van der Waals surface area contributed by atoms with Gasteiger partial charge in [0.15, 0.2) is 0 Å². The van der Waals surface area contributed by atoms with Gasteiger partial charge in [0.05, 0.1) is 13.1 Å². The largest absolute Gasteiger partial charge is 0.256 e. The molecule has 1 aromatic heterocycles. The maximum atomic E-state index is 2.62. The number of nitrogens with zero attached hydrogens (tertiary/aromatic N) is 2. The maximum absolute atomic E-state index is 2.62. The summed E-state index contributed by atoms with van der Waals surface area (Å²) in [4.78, 5) is 0. The second-order valence-corrected chi connectivity index (χ2v) is 12.7. The first kappa shape index (κ1) is 36.2. The quantitative estimate of drug-likeness (QED) is 0.0648. The lowest BCUT2D eigenvalue weighted by molar-refractivity contribution is -0.704. The molecule has 0 spiro atoms. The highest BCUT2D eigenvalue weighted by molar-refractivity contribution is 4.84. The van der Waals surface area contributed by atoms with Gasteiger partial charge < -0.3 is 0 Å². The van der Waals surface area contributed by atoms with Crippen LogP contribution < -0.4 is 4.57 Å². The van der Waals surface area contributed by atoms with E-state index in [9.17, 15) is 0 Å². The summed E-state index contributed by atoms with van der Waals surface area (Å²) >= 11 is 0. The summed E-state index contributed by atoms with van der Waals surface area (Å²) in [6.07, 6.45) is 45.9. The minimum atomic E-state index is 1.23. The second-order valence-electron chi connectivity index (χ2n) is 12.7. The van der Waals surface area contributed by atoms with Crippen LogP contribution >= 0.6 is 0 Å². The van der Waals surface area contributed by atoms with Crippen LogP contribution in [0.15, 0.2) is 12.4 Å². The molecule has 1 rings (SSSR count). The summed E-state index contributed by atoms with van der Waals surface area (Å²) in [5.74, 6) is 1.62. The standard InChI is InChI=1S/C37H73N2/c1-4-7-10-13-16-17-18-19-20-21-22-25-28-31-34-39-36-35-38(33-30-27-24-15-12-9-6-3)37(39)32-29-26-23-14-11-8-5-2/h35-36H,4-34H2,1-3H3/q+1. The molecule has 1 aromatic rings. The Balaban J connectivity index is 2.25. The van der Waals surface area contributed by atoms with Crippen molar-refractivity contribution in [2.24, 2.45) is 0 Å². The Morgan fingerprint density at radius 3 is 1.23 bits per heavy atom. The van der Waals surface area contributed by atoms with E-state index in [4.69, 9.17) is 0 Å². The van der Waals surface area contributed by atoms with Gasteiger partial charge in [-0.25, -0.2) is 9.13 Å². The van der Waals surface area contributed by atoms with Crippen molar-refractivity contribution < 1.29 is 4.57 Å². The molecule has 0 fully saturated rings. The fourth-order valence-corrected chi connectivity index (χ4v) is 6.15. The van der Waals surface area contributed by atoms with E-state index in [2.05, 4.69) is 42.3 Å². The van der Waals surface area contributed by atoms with Crippen molar-refractivity contribution in [1.82, 2.24) is 4.57 Å². The second kappa shape index (κ2) is 28.7. The first-order chi connectivity index (χ1) is 19.3. The number of imidazole rings is 1. The van der Waals surface area contributed by atoms with Crippen LogP contribution in [0.4, 0.5) is 0 Å². The fraction of sp³-hybridized carbons (Fsp3) is 0.919. The Bertz CT molecular complexity index is 605. The number of aromatic nitrogens is 2. The monoisotopic (exact) mass is 546 g/mol. The number of hydrogen-bond donors (Lipinski definition) is 0. The molecule has 0 amide bonds. The van der Waals surface area contributed by atoms with Crippen LogP contribution in [0, 0.1) is 0 Å². The molecule has 0 radical (unpaired) electrons. The van der Waals surface area contributed by atoms with E-state index >= 15 is 0 Å². The Hall–Kier alpha value is -0.790. The van der Waals surface area contributed by atoms with Crippen LogP contribution in [-0.2, 0) is 19.5 Å². The molecule has 0 saturated carbocycles. The van der Waals surface area contributed by atoms with Gasteiger partial charge in [0.2, 0.25) is 0 Å². The molecule has 39 heavy (non-hydrogen) atoms. The van der Waals surface area contributed by atoms with E-state index in [0.717, 1.165) is 0 Å². The smallest absolute Gasteiger partial charge is 0.234 e. The SMILES string of the molecule is CCCCCCCCCCCCCCCC[n+]1ccn(CCCCCCCCC)c1CCCCCCCCC. The zero-order valence-corrected chi connectivity index (χ0v) is 27.5. The summed E-state index contributed by atoms with van der Waals surface area (Å²) in [7, 11) is 0. The van der Waals surface area contributed by atoms with Crippen LogP contribution in [-0.4, -0.2) is 4.57 Å². The third-order valence-corrected chi connectivity index (χ3v) is 8.85. The molecule has 2 nitrogen and oxygen atoms in total. The lowest BCUT2D eigenvalue weighted by Gasteiger charge is -2.07. The molecule has 0 atom stereocenters. The molecule has 0 aliphatic carbocycles. The highest BCUT2D eigenvalue weighted by Crippen LogP contribution is 2.14. The van der Waals surface area contributed by atoms with Gasteiger partial charge in [-0.1, -0.05) is 168 Å². The number of unbranched alkanes of at least 4 members (excludes halogenated alkanes) is 25. The van der Waals surface area contributed by atoms with Crippen LogP contribution in [0.2, 0.25) is 0 Å². The van der Waals surface area contributed by atoms with Crippen molar-refractivity contribution in [2.45, 2.75) is 220 Å². The van der Waals surface area contributed by atoms with E-state index in [1.165, 1.54) is 199 Å². The fourth-order valence-electron chi connectivity index (χ4n) is 6.15. The van der Waals surface area contributed by atoms with Gasteiger partial charge in [0.25, 0.3) is 5.82 Å². The average Bonchev–Trinajstić information content (AvgIpc) is 3.33. The van der Waals surface area contributed by atoms with Crippen LogP contribution in [0.1, 0.15) is 206 Å². The molecule has 2 heteroatoms. The zero-order valence-electron chi connectivity index (χ0n) is 27.5. The van der Waals surface area contributed by atoms with Crippen LogP contribution in [0.25, 0.3) is 0 Å². The third kappa shape index (κ3) is 21.6. The van der Waals surface area contributed by atoms with Crippen LogP contribution in [0.5, 0.6) is 0 Å². The predicted molar refractivity (Wildman–Crippen MR) is 175 cm³/mol. The Morgan fingerprint density at radius 2 is 0.795 bits per heavy atom. The van der Waals surface area contributed by atoms with Crippen molar-refractivity contribution in [3.05, 3.63) is 18.2 Å². The molecule has 0 unspecified atom stereocenters. The highest BCUT2D eigenvalue weighted by Gasteiger charge is 2.16. The van der Waals surface area contributed by atoms with E-state index in [0.29, 0.717) is 0 Å².